The lowest BCUT2D eigenvalue weighted by Gasteiger charge is -2.10. The molecule has 5 heteroatoms. The SMILES string of the molecule is COc1ccc(C)cc1NC(=O)Cc1sc(C)nc1C. The number of ether oxygens (including phenoxy) is 1. The Morgan fingerprint density at radius 2 is 2.10 bits per heavy atom. The van der Waals surface area contributed by atoms with Crippen molar-refractivity contribution in [1.82, 2.24) is 4.98 Å². The zero-order valence-corrected chi connectivity index (χ0v) is 12.9. The largest absolute Gasteiger partial charge is 0.495 e. The first kappa shape index (κ1) is 14.5. The van der Waals surface area contributed by atoms with E-state index in [9.17, 15) is 4.79 Å². The van der Waals surface area contributed by atoms with Crippen molar-refractivity contribution < 1.29 is 9.53 Å². The molecule has 0 radical (unpaired) electrons. The van der Waals surface area contributed by atoms with Gasteiger partial charge in [-0.2, -0.15) is 0 Å². The van der Waals surface area contributed by atoms with Gasteiger partial charge in [0.1, 0.15) is 5.75 Å². The van der Waals surface area contributed by atoms with Gasteiger partial charge in [-0.3, -0.25) is 4.79 Å². The van der Waals surface area contributed by atoms with Gasteiger partial charge in [-0.05, 0) is 38.5 Å². The molecule has 2 aromatic rings. The summed E-state index contributed by atoms with van der Waals surface area (Å²) in [4.78, 5) is 17.5. The Morgan fingerprint density at radius 3 is 2.70 bits per heavy atom. The van der Waals surface area contributed by atoms with Crippen LogP contribution in [0.2, 0.25) is 0 Å². The molecule has 1 N–H and O–H groups in total. The number of aromatic nitrogens is 1. The number of hydrogen-bond donors (Lipinski definition) is 1. The molecule has 20 heavy (non-hydrogen) atoms. The molecule has 1 amide bonds. The molecule has 0 aliphatic rings. The summed E-state index contributed by atoms with van der Waals surface area (Å²) >= 11 is 1.56. The fourth-order valence-electron chi connectivity index (χ4n) is 2.00. The van der Waals surface area contributed by atoms with Crippen LogP contribution in [0.25, 0.3) is 0 Å². The van der Waals surface area contributed by atoms with Crippen molar-refractivity contribution in [2.45, 2.75) is 27.2 Å². The van der Waals surface area contributed by atoms with Gasteiger partial charge in [-0.25, -0.2) is 4.98 Å². The molecule has 0 saturated carbocycles. The van der Waals surface area contributed by atoms with Crippen LogP contribution in [-0.2, 0) is 11.2 Å². The van der Waals surface area contributed by atoms with E-state index >= 15 is 0 Å². The zero-order valence-electron chi connectivity index (χ0n) is 12.1. The van der Waals surface area contributed by atoms with E-state index in [-0.39, 0.29) is 5.91 Å². The van der Waals surface area contributed by atoms with Gasteiger partial charge in [0.25, 0.3) is 0 Å². The highest BCUT2D eigenvalue weighted by molar-refractivity contribution is 7.11. The van der Waals surface area contributed by atoms with Crippen molar-refractivity contribution in [3.8, 4) is 5.75 Å². The van der Waals surface area contributed by atoms with Crippen LogP contribution in [0.3, 0.4) is 0 Å². The first-order chi connectivity index (χ1) is 9.49. The summed E-state index contributed by atoms with van der Waals surface area (Å²) in [6, 6.07) is 5.71. The molecule has 0 fully saturated rings. The van der Waals surface area contributed by atoms with Crippen LogP contribution in [0.15, 0.2) is 18.2 Å². The van der Waals surface area contributed by atoms with E-state index in [0.29, 0.717) is 17.9 Å². The van der Waals surface area contributed by atoms with Gasteiger partial charge in [-0.1, -0.05) is 6.07 Å². The Bertz CT molecular complexity index is 635. The standard InChI is InChI=1S/C15H18N2O2S/c1-9-5-6-13(19-4)12(7-9)17-15(18)8-14-10(2)16-11(3)20-14/h5-7H,8H2,1-4H3,(H,17,18). The minimum Gasteiger partial charge on any atom is -0.495 e. The molecular weight excluding hydrogens is 272 g/mol. The Kier molecular flexibility index (Phi) is 4.39. The maximum Gasteiger partial charge on any atom is 0.229 e. The summed E-state index contributed by atoms with van der Waals surface area (Å²) in [6.45, 7) is 5.85. The quantitative estimate of drug-likeness (QED) is 0.940. The molecule has 0 bridgehead atoms. The van der Waals surface area contributed by atoms with Crippen LogP contribution in [0.5, 0.6) is 5.75 Å². The van der Waals surface area contributed by atoms with Crippen LogP contribution in [0.4, 0.5) is 5.69 Å². The van der Waals surface area contributed by atoms with Crippen molar-refractivity contribution in [2.24, 2.45) is 0 Å². The fourth-order valence-corrected chi connectivity index (χ4v) is 2.93. The monoisotopic (exact) mass is 290 g/mol. The molecule has 0 aliphatic heterocycles. The van der Waals surface area contributed by atoms with Gasteiger partial charge >= 0.3 is 0 Å². The highest BCUT2D eigenvalue weighted by Gasteiger charge is 2.12. The second-order valence-corrected chi connectivity index (χ2v) is 5.96. The highest BCUT2D eigenvalue weighted by Crippen LogP contribution is 2.26. The normalized spacial score (nSPS) is 10.4. The summed E-state index contributed by atoms with van der Waals surface area (Å²) in [6.07, 6.45) is 0.342. The molecule has 1 heterocycles. The molecule has 2 rings (SSSR count). The lowest BCUT2D eigenvalue weighted by Crippen LogP contribution is -2.15. The summed E-state index contributed by atoms with van der Waals surface area (Å²) in [5.41, 5.74) is 2.71. The Morgan fingerprint density at radius 1 is 1.35 bits per heavy atom. The highest BCUT2D eigenvalue weighted by atomic mass is 32.1. The summed E-state index contributed by atoms with van der Waals surface area (Å²) < 4.78 is 5.25. The Hall–Kier alpha value is -1.88. The van der Waals surface area contributed by atoms with Gasteiger partial charge in [-0.15, -0.1) is 11.3 Å². The third-order valence-corrected chi connectivity index (χ3v) is 4.02. The third kappa shape index (κ3) is 3.36. The maximum atomic E-state index is 12.1. The molecule has 0 saturated heterocycles. The van der Waals surface area contributed by atoms with Crippen LogP contribution >= 0.6 is 11.3 Å². The number of carbonyl (C=O) groups is 1. The van der Waals surface area contributed by atoms with Gasteiger partial charge < -0.3 is 10.1 Å². The van der Waals surface area contributed by atoms with Gasteiger partial charge in [0.2, 0.25) is 5.91 Å². The summed E-state index contributed by atoms with van der Waals surface area (Å²) in [5.74, 6) is 0.613. The number of aryl methyl sites for hydroxylation is 3. The number of thiazole rings is 1. The minimum atomic E-state index is -0.0550. The molecule has 1 aromatic carbocycles. The van der Waals surface area contributed by atoms with Crippen LogP contribution in [0.1, 0.15) is 21.1 Å². The summed E-state index contributed by atoms with van der Waals surface area (Å²) in [7, 11) is 1.59. The lowest BCUT2D eigenvalue weighted by molar-refractivity contribution is -0.115. The number of anilines is 1. The predicted molar refractivity (Wildman–Crippen MR) is 81.7 cm³/mol. The molecule has 0 spiro atoms. The molecule has 4 nitrogen and oxygen atoms in total. The maximum absolute atomic E-state index is 12.1. The third-order valence-electron chi connectivity index (χ3n) is 2.95. The van der Waals surface area contributed by atoms with Crippen LogP contribution < -0.4 is 10.1 Å². The Labute approximate surface area is 122 Å². The number of rotatable bonds is 4. The number of hydrogen-bond acceptors (Lipinski definition) is 4. The molecular formula is C15H18N2O2S. The average molecular weight is 290 g/mol. The number of nitrogens with zero attached hydrogens (tertiary/aromatic N) is 1. The van der Waals surface area contributed by atoms with Crippen molar-refractivity contribution in [1.29, 1.82) is 0 Å². The number of benzene rings is 1. The van der Waals surface area contributed by atoms with Crippen LogP contribution in [-0.4, -0.2) is 18.0 Å². The molecule has 0 unspecified atom stereocenters. The molecule has 106 valence electrons. The first-order valence-corrected chi connectivity index (χ1v) is 7.18. The molecule has 0 aliphatic carbocycles. The smallest absolute Gasteiger partial charge is 0.229 e. The van der Waals surface area contributed by atoms with Crippen LogP contribution in [0, 0.1) is 20.8 Å². The Balaban J connectivity index is 2.12. The topological polar surface area (TPSA) is 51.2 Å². The molecule has 1 aromatic heterocycles. The summed E-state index contributed by atoms with van der Waals surface area (Å²) in [5, 5.41) is 3.89. The van der Waals surface area contributed by atoms with Crippen molar-refractivity contribution >= 4 is 22.9 Å². The lowest BCUT2D eigenvalue weighted by atomic mass is 10.2. The number of nitrogens with one attached hydrogen (secondary N) is 1. The number of methoxy groups -OCH3 is 1. The second-order valence-electron chi connectivity index (χ2n) is 4.67. The fraction of sp³-hybridized carbons (Fsp3) is 0.333. The van der Waals surface area contributed by atoms with Crippen molar-refractivity contribution in [3.05, 3.63) is 39.3 Å². The van der Waals surface area contributed by atoms with Gasteiger partial charge in [0.15, 0.2) is 0 Å². The van der Waals surface area contributed by atoms with Gasteiger partial charge in [0, 0.05) is 4.88 Å². The van der Waals surface area contributed by atoms with E-state index < -0.39 is 0 Å². The van der Waals surface area contributed by atoms with Gasteiger partial charge in [0.05, 0.1) is 29.9 Å². The second kappa shape index (κ2) is 6.05. The predicted octanol–water partition coefficient (Wildman–Crippen LogP) is 3.26. The number of carbonyl (C=O) groups excluding carboxylic acids is 1. The van der Waals surface area contributed by atoms with Crippen molar-refractivity contribution in [3.63, 3.8) is 0 Å². The molecule has 0 atom stereocenters. The van der Waals surface area contributed by atoms with Crippen molar-refractivity contribution in [2.75, 3.05) is 12.4 Å². The van der Waals surface area contributed by atoms with E-state index in [4.69, 9.17) is 4.74 Å². The van der Waals surface area contributed by atoms with E-state index in [1.165, 1.54) is 0 Å². The van der Waals surface area contributed by atoms with E-state index in [2.05, 4.69) is 10.3 Å². The zero-order chi connectivity index (χ0) is 14.7. The van der Waals surface area contributed by atoms with E-state index in [0.717, 1.165) is 21.1 Å². The average Bonchev–Trinajstić information content (AvgIpc) is 2.68. The van der Waals surface area contributed by atoms with E-state index in [1.54, 1.807) is 18.4 Å². The minimum absolute atomic E-state index is 0.0550. The number of amides is 1. The first-order valence-electron chi connectivity index (χ1n) is 6.37. The van der Waals surface area contributed by atoms with E-state index in [1.807, 2.05) is 39.0 Å².